The summed E-state index contributed by atoms with van der Waals surface area (Å²) >= 11 is 0. The SMILES string of the molecule is COc1ccccc1CCC(=O)N1CCC[C@H](CCC(=O)NCc2ccc(F)c(F)c2)C1. The first kappa shape index (κ1) is 23.7. The summed E-state index contributed by atoms with van der Waals surface area (Å²) in [4.78, 5) is 26.8. The van der Waals surface area contributed by atoms with Crippen LogP contribution in [0.1, 0.15) is 43.2 Å². The lowest BCUT2D eigenvalue weighted by Crippen LogP contribution is -2.40. The highest BCUT2D eigenvalue weighted by atomic mass is 19.2. The quantitative estimate of drug-likeness (QED) is 0.629. The molecule has 0 spiro atoms. The normalized spacial score (nSPS) is 16.0. The minimum atomic E-state index is -0.922. The van der Waals surface area contributed by atoms with Crippen molar-refractivity contribution in [1.82, 2.24) is 10.2 Å². The van der Waals surface area contributed by atoms with E-state index in [1.165, 1.54) is 6.07 Å². The number of carbonyl (C=O) groups is 2. The number of likely N-dealkylation sites (tertiary alicyclic amines) is 1. The van der Waals surface area contributed by atoms with Crippen LogP contribution in [-0.2, 0) is 22.6 Å². The molecule has 0 aromatic heterocycles. The summed E-state index contributed by atoms with van der Waals surface area (Å²) in [7, 11) is 1.63. The highest BCUT2D eigenvalue weighted by Gasteiger charge is 2.24. The van der Waals surface area contributed by atoms with Crippen LogP contribution in [0.4, 0.5) is 8.78 Å². The molecule has 1 aliphatic heterocycles. The number of aryl methyl sites for hydroxylation is 1. The van der Waals surface area contributed by atoms with Crippen LogP contribution < -0.4 is 10.1 Å². The molecule has 1 heterocycles. The number of hydrogen-bond acceptors (Lipinski definition) is 3. The van der Waals surface area contributed by atoms with E-state index in [0.717, 1.165) is 42.8 Å². The van der Waals surface area contributed by atoms with E-state index in [0.29, 0.717) is 37.8 Å². The topological polar surface area (TPSA) is 58.6 Å². The van der Waals surface area contributed by atoms with Crippen LogP contribution in [0, 0.1) is 17.6 Å². The second-order valence-corrected chi connectivity index (χ2v) is 8.22. The Balaban J connectivity index is 1.40. The molecule has 32 heavy (non-hydrogen) atoms. The van der Waals surface area contributed by atoms with Crippen molar-refractivity contribution in [2.75, 3.05) is 20.2 Å². The van der Waals surface area contributed by atoms with Crippen LogP contribution in [0.3, 0.4) is 0 Å². The van der Waals surface area contributed by atoms with Crippen molar-refractivity contribution in [1.29, 1.82) is 0 Å². The summed E-state index contributed by atoms with van der Waals surface area (Å²) in [6, 6.07) is 11.3. The zero-order valence-corrected chi connectivity index (χ0v) is 18.4. The predicted octanol–water partition coefficient (Wildman–Crippen LogP) is 4.24. The first-order valence-corrected chi connectivity index (χ1v) is 11.1. The Kier molecular flexibility index (Phi) is 8.59. The van der Waals surface area contributed by atoms with Crippen LogP contribution in [0.2, 0.25) is 0 Å². The van der Waals surface area contributed by atoms with Crippen molar-refractivity contribution < 1.29 is 23.1 Å². The summed E-state index contributed by atoms with van der Waals surface area (Å²) in [5, 5.41) is 2.75. The van der Waals surface area contributed by atoms with Crippen LogP contribution in [-0.4, -0.2) is 36.9 Å². The minimum Gasteiger partial charge on any atom is -0.496 e. The summed E-state index contributed by atoms with van der Waals surface area (Å²) in [5.41, 5.74) is 1.54. The maximum absolute atomic E-state index is 13.3. The Labute approximate surface area is 187 Å². The second kappa shape index (κ2) is 11.6. The maximum Gasteiger partial charge on any atom is 0.222 e. The van der Waals surface area contributed by atoms with E-state index in [2.05, 4.69) is 5.32 Å². The van der Waals surface area contributed by atoms with Gasteiger partial charge in [-0.1, -0.05) is 24.3 Å². The Morgan fingerprint density at radius 1 is 1.12 bits per heavy atom. The molecule has 0 radical (unpaired) electrons. The van der Waals surface area contributed by atoms with Gasteiger partial charge in [-0.2, -0.15) is 0 Å². The van der Waals surface area contributed by atoms with Gasteiger partial charge in [0.15, 0.2) is 11.6 Å². The van der Waals surface area contributed by atoms with Gasteiger partial charge in [-0.3, -0.25) is 9.59 Å². The van der Waals surface area contributed by atoms with Gasteiger partial charge in [0, 0.05) is 32.5 Å². The third kappa shape index (κ3) is 6.77. The Bertz CT molecular complexity index is 935. The third-order valence-corrected chi connectivity index (χ3v) is 5.93. The zero-order chi connectivity index (χ0) is 22.9. The molecule has 0 bridgehead atoms. The molecule has 1 atom stereocenters. The number of rotatable bonds is 9. The van der Waals surface area contributed by atoms with E-state index in [1.807, 2.05) is 29.2 Å². The van der Waals surface area contributed by atoms with Gasteiger partial charge in [0.2, 0.25) is 11.8 Å². The van der Waals surface area contributed by atoms with E-state index < -0.39 is 11.6 Å². The molecule has 172 valence electrons. The van der Waals surface area contributed by atoms with Crippen LogP contribution in [0.15, 0.2) is 42.5 Å². The molecule has 2 aromatic rings. The first-order valence-electron chi connectivity index (χ1n) is 11.1. The second-order valence-electron chi connectivity index (χ2n) is 8.22. The predicted molar refractivity (Wildman–Crippen MR) is 118 cm³/mol. The average molecular weight is 445 g/mol. The van der Waals surface area contributed by atoms with Crippen molar-refractivity contribution in [3.05, 3.63) is 65.2 Å². The number of piperidine rings is 1. The van der Waals surface area contributed by atoms with Gasteiger partial charge in [0.1, 0.15) is 5.75 Å². The molecule has 1 aliphatic rings. The number of para-hydroxylation sites is 1. The largest absolute Gasteiger partial charge is 0.496 e. The number of nitrogens with zero attached hydrogens (tertiary/aromatic N) is 1. The van der Waals surface area contributed by atoms with Gasteiger partial charge in [-0.25, -0.2) is 8.78 Å². The standard InChI is InChI=1S/C25H30F2N2O3/c1-32-23-7-3-2-6-20(23)10-13-25(31)29-14-4-5-18(17-29)9-12-24(30)28-16-19-8-11-21(26)22(27)15-19/h2-3,6-8,11,15,18H,4-5,9-10,12-14,16-17H2,1H3,(H,28,30)/t18-/m1/s1. The van der Waals surface area contributed by atoms with E-state index >= 15 is 0 Å². The fourth-order valence-electron chi connectivity index (χ4n) is 4.11. The molecule has 1 fully saturated rings. The number of nitrogens with one attached hydrogen (secondary N) is 1. The van der Waals surface area contributed by atoms with Crippen LogP contribution in [0.5, 0.6) is 5.75 Å². The number of carbonyl (C=O) groups excluding carboxylic acids is 2. The van der Waals surface area contributed by atoms with Gasteiger partial charge >= 0.3 is 0 Å². The monoisotopic (exact) mass is 444 g/mol. The molecule has 7 heteroatoms. The van der Waals surface area contributed by atoms with E-state index in [1.54, 1.807) is 7.11 Å². The fraction of sp³-hybridized carbons (Fsp3) is 0.440. The Morgan fingerprint density at radius 3 is 2.72 bits per heavy atom. The molecular formula is C25H30F2N2O3. The van der Waals surface area contributed by atoms with Crippen molar-refractivity contribution in [3.63, 3.8) is 0 Å². The highest BCUT2D eigenvalue weighted by molar-refractivity contribution is 5.77. The molecule has 2 aromatic carbocycles. The molecule has 0 unspecified atom stereocenters. The van der Waals surface area contributed by atoms with E-state index in [-0.39, 0.29) is 24.3 Å². The lowest BCUT2D eigenvalue weighted by molar-refractivity contribution is -0.133. The highest BCUT2D eigenvalue weighted by Crippen LogP contribution is 2.23. The number of hydrogen-bond donors (Lipinski definition) is 1. The number of ether oxygens (including phenoxy) is 1. The number of halogens is 2. The molecule has 3 rings (SSSR count). The molecule has 1 saturated heterocycles. The van der Waals surface area contributed by atoms with Gasteiger partial charge in [0.05, 0.1) is 7.11 Å². The van der Waals surface area contributed by atoms with Crippen molar-refractivity contribution in [3.8, 4) is 5.75 Å². The summed E-state index contributed by atoms with van der Waals surface area (Å²) in [6.45, 7) is 1.58. The average Bonchev–Trinajstić information content (AvgIpc) is 2.82. The maximum atomic E-state index is 13.3. The number of benzene rings is 2. The Morgan fingerprint density at radius 2 is 1.94 bits per heavy atom. The molecule has 2 amide bonds. The molecule has 0 saturated carbocycles. The molecule has 5 nitrogen and oxygen atoms in total. The molecular weight excluding hydrogens is 414 g/mol. The summed E-state index contributed by atoms with van der Waals surface area (Å²) < 4.78 is 31.6. The van der Waals surface area contributed by atoms with Gasteiger partial charge in [0.25, 0.3) is 0 Å². The van der Waals surface area contributed by atoms with Crippen molar-refractivity contribution >= 4 is 11.8 Å². The number of methoxy groups -OCH3 is 1. The van der Waals surface area contributed by atoms with Gasteiger partial charge in [-0.15, -0.1) is 0 Å². The molecule has 1 N–H and O–H groups in total. The molecule has 0 aliphatic carbocycles. The van der Waals surface area contributed by atoms with Gasteiger partial charge in [-0.05, 0) is 60.9 Å². The zero-order valence-electron chi connectivity index (χ0n) is 18.4. The Hall–Kier alpha value is -2.96. The lowest BCUT2D eigenvalue weighted by atomic mass is 9.93. The summed E-state index contributed by atoms with van der Waals surface area (Å²) in [5.74, 6) is -0.745. The number of amides is 2. The third-order valence-electron chi connectivity index (χ3n) is 5.93. The van der Waals surface area contributed by atoms with Crippen molar-refractivity contribution in [2.45, 2.75) is 45.1 Å². The van der Waals surface area contributed by atoms with E-state index in [4.69, 9.17) is 4.74 Å². The minimum absolute atomic E-state index is 0.128. The lowest BCUT2D eigenvalue weighted by Gasteiger charge is -2.33. The van der Waals surface area contributed by atoms with E-state index in [9.17, 15) is 18.4 Å². The van der Waals surface area contributed by atoms with Crippen LogP contribution >= 0.6 is 0 Å². The first-order chi connectivity index (χ1) is 15.5. The summed E-state index contributed by atoms with van der Waals surface area (Å²) in [6.07, 6.45) is 4.03. The van der Waals surface area contributed by atoms with Crippen molar-refractivity contribution in [2.24, 2.45) is 5.92 Å². The van der Waals surface area contributed by atoms with Gasteiger partial charge < -0.3 is 15.0 Å². The fourth-order valence-corrected chi connectivity index (χ4v) is 4.11. The smallest absolute Gasteiger partial charge is 0.222 e. The van der Waals surface area contributed by atoms with Crippen LogP contribution in [0.25, 0.3) is 0 Å².